The molecule has 0 atom stereocenters. The maximum absolute atomic E-state index is 5.77. The predicted molar refractivity (Wildman–Crippen MR) is 103 cm³/mol. The molecule has 6 nitrogen and oxygen atoms in total. The molecule has 1 aliphatic rings. The van der Waals surface area contributed by atoms with Crippen molar-refractivity contribution in [1.82, 2.24) is 14.9 Å². The first-order chi connectivity index (χ1) is 11.8. The second kappa shape index (κ2) is 6.88. The Kier molecular flexibility index (Phi) is 4.81. The zero-order chi connectivity index (χ0) is 18.0. The minimum atomic E-state index is 0.200. The normalized spacial score (nSPS) is 16.2. The smallest absolute Gasteiger partial charge is 0.223 e. The molecule has 1 fully saturated rings. The van der Waals surface area contributed by atoms with Gasteiger partial charge in [-0.05, 0) is 16.5 Å². The second-order valence-corrected chi connectivity index (χ2v) is 7.72. The highest BCUT2D eigenvalue weighted by molar-refractivity contribution is 5.50. The molecule has 1 aliphatic heterocycles. The average Bonchev–Trinajstić information content (AvgIpc) is 2.54. The Morgan fingerprint density at radius 2 is 1.60 bits per heavy atom. The molecule has 25 heavy (non-hydrogen) atoms. The van der Waals surface area contributed by atoms with E-state index in [0.717, 1.165) is 38.5 Å². The van der Waals surface area contributed by atoms with Crippen molar-refractivity contribution in [2.45, 2.75) is 32.7 Å². The van der Waals surface area contributed by atoms with Crippen molar-refractivity contribution < 1.29 is 0 Å². The van der Waals surface area contributed by atoms with Crippen LogP contribution in [0.3, 0.4) is 0 Å². The summed E-state index contributed by atoms with van der Waals surface area (Å²) < 4.78 is 0. The van der Waals surface area contributed by atoms with Crippen molar-refractivity contribution in [3.63, 3.8) is 0 Å². The summed E-state index contributed by atoms with van der Waals surface area (Å²) in [7, 11) is 0. The Morgan fingerprint density at radius 1 is 0.960 bits per heavy atom. The van der Waals surface area contributed by atoms with Crippen LogP contribution in [0.25, 0.3) is 0 Å². The van der Waals surface area contributed by atoms with Gasteiger partial charge >= 0.3 is 0 Å². The fourth-order valence-corrected chi connectivity index (χ4v) is 3.14. The van der Waals surface area contributed by atoms with E-state index in [1.54, 1.807) is 6.07 Å². The molecule has 0 unspecified atom stereocenters. The number of nitrogens with two attached hydrogens (primary N) is 2. The minimum Gasteiger partial charge on any atom is -0.383 e. The third kappa shape index (κ3) is 4.39. The predicted octanol–water partition coefficient (Wildman–Crippen LogP) is 2.26. The third-order valence-corrected chi connectivity index (χ3v) is 4.67. The van der Waals surface area contributed by atoms with Crippen LogP contribution >= 0.6 is 0 Å². The number of hydrogen-bond acceptors (Lipinski definition) is 6. The molecule has 0 bridgehead atoms. The van der Waals surface area contributed by atoms with Gasteiger partial charge in [0.15, 0.2) is 0 Å². The Hall–Kier alpha value is -2.34. The summed E-state index contributed by atoms with van der Waals surface area (Å²) in [4.78, 5) is 12.9. The van der Waals surface area contributed by atoms with Gasteiger partial charge in [0.2, 0.25) is 5.95 Å². The van der Waals surface area contributed by atoms with Gasteiger partial charge in [-0.3, -0.25) is 4.90 Å². The molecule has 3 rings (SSSR count). The highest BCUT2D eigenvalue weighted by Gasteiger charge is 2.19. The van der Waals surface area contributed by atoms with Crippen molar-refractivity contribution in [3.8, 4) is 0 Å². The van der Waals surface area contributed by atoms with Gasteiger partial charge in [-0.15, -0.1) is 0 Å². The lowest BCUT2D eigenvalue weighted by Crippen LogP contribution is -2.46. The van der Waals surface area contributed by atoms with Gasteiger partial charge in [-0.25, -0.2) is 0 Å². The summed E-state index contributed by atoms with van der Waals surface area (Å²) in [6.45, 7) is 11.5. The summed E-state index contributed by atoms with van der Waals surface area (Å²) in [5.74, 6) is 1.47. The molecule has 4 N–H and O–H groups in total. The SMILES string of the molecule is CC(C)(C)c1ccc(CN2CCN(c3cc(N)nc(N)n3)CC2)cc1. The van der Waals surface area contributed by atoms with Crippen molar-refractivity contribution in [3.05, 3.63) is 41.5 Å². The lowest BCUT2D eigenvalue weighted by Gasteiger charge is -2.35. The van der Waals surface area contributed by atoms with Crippen LogP contribution < -0.4 is 16.4 Å². The first-order valence-electron chi connectivity index (χ1n) is 8.78. The Morgan fingerprint density at radius 3 is 2.16 bits per heavy atom. The number of nitrogens with zero attached hydrogens (tertiary/aromatic N) is 4. The molecule has 6 heteroatoms. The molecular weight excluding hydrogens is 312 g/mol. The van der Waals surface area contributed by atoms with E-state index in [-0.39, 0.29) is 11.4 Å². The van der Waals surface area contributed by atoms with Gasteiger partial charge in [-0.2, -0.15) is 9.97 Å². The molecule has 1 aromatic heterocycles. The highest BCUT2D eigenvalue weighted by atomic mass is 15.3. The standard InChI is InChI=1S/C19H28N6/c1-19(2,3)15-6-4-14(5-7-15)13-24-8-10-25(11-9-24)17-12-16(20)22-18(21)23-17/h4-7,12H,8-11,13H2,1-3H3,(H4,20,21,22,23). The maximum atomic E-state index is 5.77. The zero-order valence-electron chi connectivity index (χ0n) is 15.4. The number of hydrogen-bond donors (Lipinski definition) is 2. The fourth-order valence-electron chi connectivity index (χ4n) is 3.14. The molecule has 1 saturated heterocycles. The lowest BCUT2D eigenvalue weighted by molar-refractivity contribution is 0.249. The van der Waals surface area contributed by atoms with Gasteiger partial charge < -0.3 is 16.4 Å². The molecule has 0 saturated carbocycles. The number of piperazine rings is 1. The van der Waals surface area contributed by atoms with Gasteiger partial charge in [0.05, 0.1) is 0 Å². The average molecular weight is 340 g/mol. The molecule has 2 aromatic rings. The molecular formula is C19H28N6. The summed E-state index contributed by atoms with van der Waals surface area (Å²) in [6, 6.07) is 10.8. The van der Waals surface area contributed by atoms with E-state index in [0.29, 0.717) is 5.82 Å². The van der Waals surface area contributed by atoms with Crippen LogP contribution in [0.5, 0.6) is 0 Å². The molecule has 2 heterocycles. The number of aromatic nitrogens is 2. The number of rotatable bonds is 3. The largest absolute Gasteiger partial charge is 0.383 e. The topological polar surface area (TPSA) is 84.3 Å². The van der Waals surface area contributed by atoms with Crippen LogP contribution in [0.4, 0.5) is 17.6 Å². The quantitative estimate of drug-likeness (QED) is 0.891. The van der Waals surface area contributed by atoms with Crippen molar-refractivity contribution in [2.75, 3.05) is 42.5 Å². The minimum absolute atomic E-state index is 0.200. The molecule has 1 aromatic carbocycles. The molecule has 0 radical (unpaired) electrons. The van der Waals surface area contributed by atoms with Crippen molar-refractivity contribution in [1.29, 1.82) is 0 Å². The van der Waals surface area contributed by atoms with Gasteiger partial charge in [-0.1, -0.05) is 45.0 Å². The van der Waals surface area contributed by atoms with Crippen LogP contribution in [0, 0.1) is 0 Å². The van der Waals surface area contributed by atoms with Crippen LogP contribution in [-0.2, 0) is 12.0 Å². The lowest BCUT2D eigenvalue weighted by atomic mass is 9.87. The monoisotopic (exact) mass is 340 g/mol. The van der Waals surface area contributed by atoms with Gasteiger partial charge in [0.1, 0.15) is 11.6 Å². The summed E-state index contributed by atoms with van der Waals surface area (Å²) >= 11 is 0. The molecule has 0 aliphatic carbocycles. The second-order valence-electron chi connectivity index (χ2n) is 7.72. The first-order valence-corrected chi connectivity index (χ1v) is 8.78. The first kappa shape index (κ1) is 17.5. The Balaban J connectivity index is 1.57. The van der Waals surface area contributed by atoms with E-state index in [9.17, 15) is 0 Å². The van der Waals surface area contributed by atoms with E-state index in [2.05, 4.69) is 64.8 Å². The number of anilines is 3. The van der Waals surface area contributed by atoms with Crippen molar-refractivity contribution >= 4 is 17.6 Å². The fraction of sp³-hybridized carbons (Fsp3) is 0.474. The van der Waals surface area contributed by atoms with Crippen LogP contribution in [-0.4, -0.2) is 41.0 Å². The van der Waals surface area contributed by atoms with Crippen molar-refractivity contribution in [2.24, 2.45) is 0 Å². The Bertz CT molecular complexity index is 691. The van der Waals surface area contributed by atoms with E-state index < -0.39 is 0 Å². The van der Waals surface area contributed by atoms with Gasteiger partial charge in [0.25, 0.3) is 0 Å². The maximum Gasteiger partial charge on any atom is 0.223 e. The Labute approximate surface area is 149 Å². The number of benzene rings is 1. The van der Waals surface area contributed by atoms with E-state index >= 15 is 0 Å². The van der Waals surface area contributed by atoms with Crippen LogP contribution in [0.1, 0.15) is 31.9 Å². The number of nitrogen functional groups attached to an aromatic ring is 2. The van der Waals surface area contributed by atoms with E-state index in [1.165, 1.54) is 11.1 Å². The summed E-state index contributed by atoms with van der Waals surface area (Å²) in [5, 5.41) is 0. The van der Waals surface area contributed by atoms with Gasteiger partial charge in [0, 0.05) is 38.8 Å². The molecule has 0 spiro atoms. The zero-order valence-corrected chi connectivity index (χ0v) is 15.4. The summed E-state index contributed by atoms with van der Waals surface area (Å²) in [5.41, 5.74) is 14.4. The highest BCUT2D eigenvalue weighted by Crippen LogP contribution is 2.23. The van der Waals surface area contributed by atoms with Crippen LogP contribution in [0.15, 0.2) is 30.3 Å². The van der Waals surface area contributed by atoms with E-state index in [4.69, 9.17) is 11.5 Å². The summed E-state index contributed by atoms with van der Waals surface area (Å²) in [6.07, 6.45) is 0. The molecule has 134 valence electrons. The van der Waals surface area contributed by atoms with E-state index in [1.807, 2.05) is 0 Å². The third-order valence-electron chi connectivity index (χ3n) is 4.67. The van der Waals surface area contributed by atoms with Crippen LogP contribution in [0.2, 0.25) is 0 Å². The molecule has 0 amide bonds.